The lowest BCUT2D eigenvalue weighted by atomic mass is 10.0. The van der Waals surface area contributed by atoms with E-state index < -0.39 is 11.6 Å². The number of hydrogen-bond acceptors (Lipinski definition) is 3. The Morgan fingerprint density at radius 3 is 2.52 bits per heavy atom. The van der Waals surface area contributed by atoms with Crippen molar-refractivity contribution in [2.45, 2.75) is 13.3 Å². The molecule has 0 saturated carbocycles. The molecule has 1 amide bonds. The van der Waals surface area contributed by atoms with Crippen molar-refractivity contribution in [2.75, 3.05) is 6.54 Å². The second-order valence-electron chi connectivity index (χ2n) is 7.33. The van der Waals surface area contributed by atoms with Gasteiger partial charge in [0.05, 0.1) is 6.54 Å². The molecular formula is C25H19F2NO2S. The van der Waals surface area contributed by atoms with E-state index in [1.807, 2.05) is 36.4 Å². The van der Waals surface area contributed by atoms with Crippen LogP contribution in [-0.4, -0.2) is 18.2 Å². The maximum atomic E-state index is 13.6. The second-order valence-corrected chi connectivity index (χ2v) is 8.46. The van der Waals surface area contributed by atoms with Crippen LogP contribution >= 0.6 is 11.3 Å². The number of thiophene rings is 1. The van der Waals surface area contributed by atoms with Gasteiger partial charge in [0.1, 0.15) is 5.78 Å². The van der Waals surface area contributed by atoms with Crippen LogP contribution in [0.4, 0.5) is 8.78 Å². The Labute approximate surface area is 182 Å². The van der Waals surface area contributed by atoms with Crippen molar-refractivity contribution < 1.29 is 18.4 Å². The molecule has 0 spiro atoms. The predicted molar refractivity (Wildman–Crippen MR) is 119 cm³/mol. The molecule has 3 aromatic carbocycles. The van der Waals surface area contributed by atoms with E-state index in [2.05, 4.69) is 5.32 Å². The minimum absolute atomic E-state index is 0.00307. The lowest BCUT2D eigenvalue weighted by Crippen LogP contribution is -2.28. The molecule has 4 aromatic rings. The Morgan fingerprint density at radius 1 is 0.935 bits per heavy atom. The van der Waals surface area contributed by atoms with E-state index in [0.717, 1.165) is 32.2 Å². The fourth-order valence-corrected chi connectivity index (χ4v) is 4.64. The quantitative estimate of drug-likeness (QED) is 0.419. The summed E-state index contributed by atoms with van der Waals surface area (Å²) in [6, 6.07) is 19.2. The number of amides is 1. The highest BCUT2D eigenvalue weighted by Crippen LogP contribution is 2.36. The summed E-state index contributed by atoms with van der Waals surface area (Å²) in [5, 5.41) is 3.66. The molecule has 0 bridgehead atoms. The topological polar surface area (TPSA) is 46.2 Å². The molecule has 1 aromatic heterocycles. The van der Waals surface area contributed by atoms with E-state index in [4.69, 9.17) is 0 Å². The van der Waals surface area contributed by atoms with Gasteiger partial charge in [-0.2, -0.15) is 0 Å². The zero-order valence-electron chi connectivity index (χ0n) is 16.7. The summed E-state index contributed by atoms with van der Waals surface area (Å²) >= 11 is 1.59. The number of rotatable bonds is 6. The van der Waals surface area contributed by atoms with Crippen LogP contribution in [0.25, 0.3) is 21.2 Å². The van der Waals surface area contributed by atoms with E-state index >= 15 is 0 Å². The number of ketones is 1. The first-order chi connectivity index (χ1) is 14.9. The minimum atomic E-state index is -0.852. The van der Waals surface area contributed by atoms with Gasteiger partial charge in [-0.25, -0.2) is 8.78 Å². The van der Waals surface area contributed by atoms with Crippen molar-refractivity contribution in [3.8, 4) is 11.1 Å². The van der Waals surface area contributed by atoms with E-state index in [9.17, 15) is 18.4 Å². The van der Waals surface area contributed by atoms with Crippen LogP contribution in [0.2, 0.25) is 0 Å². The molecule has 156 valence electrons. The standard InChI is InChI=1S/C25H19F2NO2S/c1-15(29)14-28-25(30)19-6-2-4-17(12-19)21-7-3-5-18-13-20(31-24(18)21)10-16-8-9-22(26)23(27)11-16/h2-9,11-13H,10,14H2,1H3,(H,28,30). The van der Waals surface area contributed by atoms with Crippen LogP contribution < -0.4 is 5.32 Å². The van der Waals surface area contributed by atoms with Gasteiger partial charge in [0.2, 0.25) is 0 Å². The molecule has 0 aliphatic heterocycles. The first kappa shape index (κ1) is 20.9. The summed E-state index contributed by atoms with van der Waals surface area (Å²) < 4.78 is 27.8. The Morgan fingerprint density at radius 2 is 1.74 bits per heavy atom. The number of carbonyl (C=O) groups excluding carboxylic acids is 2. The molecule has 0 aliphatic carbocycles. The van der Waals surface area contributed by atoms with Crippen molar-refractivity contribution >= 4 is 33.1 Å². The first-order valence-corrected chi connectivity index (χ1v) is 10.6. The van der Waals surface area contributed by atoms with Gasteiger partial charge in [0, 0.05) is 21.6 Å². The largest absolute Gasteiger partial charge is 0.345 e. The third-order valence-corrected chi connectivity index (χ3v) is 6.08. The molecule has 0 saturated heterocycles. The van der Waals surface area contributed by atoms with Gasteiger partial charge >= 0.3 is 0 Å². The first-order valence-electron chi connectivity index (χ1n) is 9.74. The van der Waals surface area contributed by atoms with Crippen LogP contribution in [0.1, 0.15) is 27.7 Å². The summed E-state index contributed by atoms with van der Waals surface area (Å²) in [6.45, 7) is 1.42. The van der Waals surface area contributed by atoms with Crippen LogP contribution in [0, 0.1) is 11.6 Å². The lowest BCUT2D eigenvalue weighted by molar-refractivity contribution is -0.116. The maximum absolute atomic E-state index is 13.6. The monoisotopic (exact) mass is 435 g/mol. The summed E-state index contributed by atoms with van der Waals surface area (Å²) in [5.74, 6) is -2.11. The molecule has 3 nitrogen and oxygen atoms in total. The van der Waals surface area contributed by atoms with Gasteiger partial charge in [-0.15, -0.1) is 11.3 Å². The molecular weight excluding hydrogens is 416 g/mol. The molecule has 0 fully saturated rings. The van der Waals surface area contributed by atoms with Crippen molar-refractivity contribution in [3.05, 3.63) is 94.4 Å². The smallest absolute Gasteiger partial charge is 0.251 e. The van der Waals surface area contributed by atoms with Gasteiger partial charge in [-0.1, -0.05) is 36.4 Å². The molecule has 6 heteroatoms. The Bertz CT molecular complexity index is 1300. The minimum Gasteiger partial charge on any atom is -0.345 e. The highest BCUT2D eigenvalue weighted by Gasteiger charge is 2.12. The van der Waals surface area contributed by atoms with Gasteiger partial charge in [-0.05, 0) is 59.3 Å². The number of benzene rings is 3. The maximum Gasteiger partial charge on any atom is 0.251 e. The zero-order valence-corrected chi connectivity index (χ0v) is 17.6. The Kier molecular flexibility index (Phi) is 5.91. The lowest BCUT2D eigenvalue weighted by Gasteiger charge is -2.07. The van der Waals surface area contributed by atoms with Crippen LogP contribution in [-0.2, 0) is 11.2 Å². The normalized spacial score (nSPS) is 10.9. The zero-order chi connectivity index (χ0) is 22.0. The highest BCUT2D eigenvalue weighted by atomic mass is 32.1. The van der Waals surface area contributed by atoms with Crippen molar-refractivity contribution in [1.82, 2.24) is 5.32 Å². The van der Waals surface area contributed by atoms with Crippen molar-refractivity contribution in [1.29, 1.82) is 0 Å². The number of hydrogen-bond donors (Lipinski definition) is 1. The molecule has 4 rings (SSSR count). The van der Waals surface area contributed by atoms with E-state index in [1.54, 1.807) is 29.5 Å². The van der Waals surface area contributed by atoms with Crippen molar-refractivity contribution in [3.63, 3.8) is 0 Å². The Hall–Kier alpha value is -3.38. The molecule has 1 heterocycles. The van der Waals surface area contributed by atoms with E-state index in [-0.39, 0.29) is 18.2 Å². The number of fused-ring (bicyclic) bond motifs is 1. The van der Waals surface area contributed by atoms with E-state index in [0.29, 0.717) is 17.5 Å². The second kappa shape index (κ2) is 8.78. The Balaban J connectivity index is 1.66. The molecule has 1 N–H and O–H groups in total. The number of halogens is 2. The van der Waals surface area contributed by atoms with Crippen molar-refractivity contribution in [2.24, 2.45) is 0 Å². The molecule has 0 aliphatic rings. The SMILES string of the molecule is CC(=O)CNC(=O)c1cccc(-c2cccc3cc(Cc4ccc(F)c(F)c4)sc23)c1. The van der Waals surface area contributed by atoms with Gasteiger partial charge in [0.25, 0.3) is 5.91 Å². The predicted octanol–water partition coefficient (Wildman–Crippen LogP) is 5.76. The van der Waals surface area contributed by atoms with Crippen LogP contribution in [0.15, 0.2) is 66.7 Å². The summed E-state index contributed by atoms with van der Waals surface area (Å²) in [7, 11) is 0. The molecule has 0 unspecified atom stereocenters. The van der Waals surface area contributed by atoms with Gasteiger partial charge in [0.15, 0.2) is 11.6 Å². The fourth-order valence-electron chi connectivity index (χ4n) is 3.42. The number of carbonyl (C=O) groups is 2. The molecule has 0 atom stereocenters. The van der Waals surface area contributed by atoms with Gasteiger partial charge in [-0.3, -0.25) is 9.59 Å². The summed E-state index contributed by atoms with van der Waals surface area (Å²) in [5.41, 5.74) is 3.06. The number of nitrogens with one attached hydrogen (secondary N) is 1. The summed E-state index contributed by atoms with van der Waals surface area (Å²) in [4.78, 5) is 24.5. The van der Waals surface area contributed by atoms with Crippen LogP contribution in [0.3, 0.4) is 0 Å². The van der Waals surface area contributed by atoms with Gasteiger partial charge < -0.3 is 5.32 Å². The van der Waals surface area contributed by atoms with Crippen LogP contribution in [0.5, 0.6) is 0 Å². The summed E-state index contributed by atoms with van der Waals surface area (Å²) in [6.07, 6.45) is 0.503. The average molecular weight is 435 g/mol. The highest BCUT2D eigenvalue weighted by molar-refractivity contribution is 7.19. The third-order valence-electron chi connectivity index (χ3n) is 4.89. The molecule has 31 heavy (non-hydrogen) atoms. The third kappa shape index (κ3) is 4.70. The fraction of sp³-hybridized carbons (Fsp3) is 0.120. The number of Topliss-reactive ketones (excluding diaryl/α,β-unsaturated/α-hetero) is 1. The average Bonchev–Trinajstić information content (AvgIpc) is 3.17. The molecule has 0 radical (unpaired) electrons. The van der Waals surface area contributed by atoms with E-state index in [1.165, 1.54) is 13.0 Å².